The Morgan fingerprint density at radius 2 is 1.85 bits per heavy atom. The summed E-state index contributed by atoms with van der Waals surface area (Å²) in [6, 6.07) is 7.37. The molecule has 33 heavy (non-hydrogen) atoms. The van der Waals surface area contributed by atoms with Crippen LogP contribution in [0.15, 0.2) is 41.7 Å². The van der Waals surface area contributed by atoms with Crippen LogP contribution in [0.5, 0.6) is 0 Å². The topological polar surface area (TPSA) is 76.0 Å². The van der Waals surface area contributed by atoms with E-state index in [4.69, 9.17) is 21.1 Å². The second-order valence-electron chi connectivity index (χ2n) is 11.1. The Morgan fingerprint density at radius 1 is 1.12 bits per heavy atom. The predicted octanol–water partition coefficient (Wildman–Crippen LogP) is 4.90. The Kier molecular flexibility index (Phi) is 5.56. The zero-order chi connectivity index (χ0) is 23.6. The number of aliphatic hydroxyl groups is 2. The van der Waals surface area contributed by atoms with Gasteiger partial charge in [0, 0.05) is 10.4 Å². The highest BCUT2D eigenvalue weighted by molar-refractivity contribution is 6.30. The molecule has 0 bridgehead atoms. The molecule has 2 aliphatic carbocycles. The number of benzene rings is 1. The van der Waals surface area contributed by atoms with Gasteiger partial charge in [-0.1, -0.05) is 37.6 Å². The number of rotatable bonds is 3. The average Bonchev–Trinajstić information content (AvgIpc) is 3.33. The maximum atomic E-state index is 12.8. The largest absolute Gasteiger partial charge is 0.423 e. The van der Waals surface area contributed by atoms with Crippen LogP contribution in [0.4, 0.5) is 0 Å². The molecule has 2 saturated carbocycles. The van der Waals surface area contributed by atoms with Gasteiger partial charge in [-0.25, -0.2) is 4.79 Å². The van der Waals surface area contributed by atoms with Gasteiger partial charge in [-0.05, 0) is 86.1 Å². The SMILES string of the molecule is C[C@@]12CCC3[C@](C)(CO)[C@H](O)CC[C@@]3(C)[C@@H]1CC(C1=C/C(=C\c3ccc(Cl)cc3)OC1=O)O2. The van der Waals surface area contributed by atoms with Crippen molar-refractivity contribution in [2.75, 3.05) is 6.61 Å². The number of cyclic esters (lactones) is 1. The monoisotopic (exact) mass is 472 g/mol. The van der Waals surface area contributed by atoms with Gasteiger partial charge in [-0.2, -0.15) is 0 Å². The van der Waals surface area contributed by atoms with Crippen molar-refractivity contribution in [2.24, 2.45) is 22.7 Å². The highest BCUT2D eigenvalue weighted by Crippen LogP contribution is 2.66. The van der Waals surface area contributed by atoms with Gasteiger partial charge < -0.3 is 19.7 Å². The summed E-state index contributed by atoms with van der Waals surface area (Å²) in [6.07, 6.45) is 6.92. The molecule has 2 unspecified atom stereocenters. The van der Waals surface area contributed by atoms with Crippen LogP contribution in [0.25, 0.3) is 6.08 Å². The lowest BCUT2D eigenvalue weighted by Crippen LogP contribution is -2.61. The fourth-order valence-electron chi connectivity index (χ4n) is 7.40. The van der Waals surface area contributed by atoms with E-state index in [1.807, 2.05) is 31.2 Å². The van der Waals surface area contributed by atoms with E-state index in [0.29, 0.717) is 22.8 Å². The minimum absolute atomic E-state index is 0.0154. The number of fused-ring (bicyclic) bond motifs is 3. The fourth-order valence-corrected chi connectivity index (χ4v) is 7.52. The summed E-state index contributed by atoms with van der Waals surface area (Å²) in [7, 11) is 0. The summed E-state index contributed by atoms with van der Waals surface area (Å²) in [5, 5.41) is 21.6. The van der Waals surface area contributed by atoms with Gasteiger partial charge in [-0.3, -0.25) is 0 Å². The molecule has 5 nitrogen and oxygen atoms in total. The van der Waals surface area contributed by atoms with Crippen LogP contribution >= 0.6 is 11.6 Å². The summed E-state index contributed by atoms with van der Waals surface area (Å²) < 4.78 is 12.2. The summed E-state index contributed by atoms with van der Waals surface area (Å²) in [5.74, 6) is 0.622. The van der Waals surface area contributed by atoms with Crippen LogP contribution in [0.1, 0.15) is 58.4 Å². The lowest BCUT2D eigenvalue weighted by molar-refractivity contribution is -0.197. The van der Waals surface area contributed by atoms with Gasteiger partial charge in [-0.15, -0.1) is 0 Å². The number of carbonyl (C=O) groups excluding carboxylic acids is 1. The van der Waals surface area contributed by atoms with E-state index < -0.39 is 11.5 Å². The van der Waals surface area contributed by atoms with Crippen LogP contribution in [0.3, 0.4) is 0 Å². The zero-order valence-corrected chi connectivity index (χ0v) is 20.3. The predicted molar refractivity (Wildman–Crippen MR) is 126 cm³/mol. The van der Waals surface area contributed by atoms with E-state index in [1.165, 1.54) is 0 Å². The molecule has 0 spiro atoms. The summed E-state index contributed by atoms with van der Waals surface area (Å²) >= 11 is 5.97. The number of ether oxygens (including phenoxy) is 2. The van der Waals surface area contributed by atoms with Crippen molar-refractivity contribution in [1.82, 2.24) is 0 Å². The number of esters is 1. The lowest BCUT2D eigenvalue weighted by atomic mass is 9.44. The zero-order valence-electron chi connectivity index (χ0n) is 19.5. The number of aliphatic hydroxyl groups excluding tert-OH is 2. The molecule has 5 rings (SSSR count). The van der Waals surface area contributed by atoms with Crippen LogP contribution in [-0.4, -0.2) is 40.6 Å². The van der Waals surface area contributed by atoms with E-state index >= 15 is 0 Å². The first kappa shape index (κ1) is 23.1. The first-order valence-corrected chi connectivity index (χ1v) is 12.3. The third-order valence-electron chi connectivity index (χ3n) is 9.24. The van der Waals surface area contributed by atoms with Crippen molar-refractivity contribution in [3.05, 3.63) is 52.3 Å². The third kappa shape index (κ3) is 3.59. The van der Waals surface area contributed by atoms with Gasteiger partial charge in [0.1, 0.15) is 5.76 Å². The number of allylic oxidation sites excluding steroid dienone is 1. The first-order valence-electron chi connectivity index (χ1n) is 12.0. The third-order valence-corrected chi connectivity index (χ3v) is 9.50. The summed E-state index contributed by atoms with van der Waals surface area (Å²) in [6.45, 7) is 6.49. The average molecular weight is 473 g/mol. The number of hydrogen-bond acceptors (Lipinski definition) is 5. The fraction of sp³-hybridized carbons (Fsp3) is 0.593. The smallest absolute Gasteiger partial charge is 0.342 e. The van der Waals surface area contributed by atoms with Crippen molar-refractivity contribution >= 4 is 23.6 Å². The molecule has 1 saturated heterocycles. The highest BCUT2D eigenvalue weighted by Gasteiger charge is 2.65. The molecular formula is C27H33ClO5. The van der Waals surface area contributed by atoms with Crippen LogP contribution in [0, 0.1) is 22.7 Å². The van der Waals surface area contributed by atoms with E-state index in [0.717, 1.165) is 31.2 Å². The molecule has 2 N–H and O–H groups in total. The standard InChI is InChI=1S/C27H33ClO5/c1-25-10-9-23(30)26(2,15-29)21(25)8-11-27(3)22(25)14-20(33-27)19-13-18(32-24(19)31)12-16-4-6-17(28)7-5-16/h4-7,12-13,20-23,29-30H,8-11,14-15H2,1-3H3/b18-12+/t20?,21?,22-,23+,25+,26-,27+/m0/s1. The Morgan fingerprint density at radius 3 is 2.55 bits per heavy atom. The van der Waals surface area contributed by atoms with Gasteiger partial charge >= 0.3 is 5.97 Å². The van der Waals surface area contributed by atoms with Crippen molar-refractivity contribution < 1.29 is 24.5 Å². The molecular weight excluding hydrogens is 440 g/mol. The molecule has 3 fully saturated rings. The van der Waals surface area contributed by atoms with Crippen molar-refractivity contribution in [3.63, 3.8) is 0 Å². The highest BCUT2D eigenvalue weighted by atomic mass is 35.5. The molecule has 0 aromatic heterocycles. The molecule has 4 aliphatic rings. The second-order valence-corrected chi connectivity index (χ2v) is 11.5. The van der Waals surface area contributed by atoms with E-state index in [-0.39, 0.29) is 41.5 Å². The molecule has 2 heterocycles. The quantitative estimate of drug-likeness (QED) is 0.612. The second kappa shape index (κ2) is 7.94. The van der Waals surface area contributed by atoms with E-state index in [2.05, 4.69) is 13.8 Å². The van der Waals surface area contributed by atoms with Crippen molar-refractivity contribution in [2.45, 2.75) is 70.7 Å². The first-order chi connectivity index (χ1) is 15.6. The minimum Gasteiger partial charge on any atom is -0.423 e. The van der Waals surface area contributed by atoms with Gasteiger partial charge in [0.2, 0.25) is 0 Å². The number of hydrogen-bond donors (Lipinski definition) is 2. The molecule has 7 atom stereocenters. The van der Waals surface area contributed by atoms with Crippen molar-refractivity contribution in [1.29, 1.82) is 0 Å². The Hall–Kier alpha value is -1.66. The molecule has 1 aromatic rings. The molecule has 1 aromatic carbocycles. The number of halogens is 1. The summed E-state index contributed by atoms with van der Waals surface area (Å²) in [5.41, 5.74) is 0.577. The minimum atomic E-state index is -0.507. The summed E-state index contributed by atoms with van der Waals surface area (Å²) in [4.78, 5) is 12.8. The molecule has 0 radical (unpaired) electrons. The van der Waals surface area contributed by atoms with E-state index in [9.17, 15) is 15.0 Å². The normalized spacial score (nSPS) is 43.8. The van der Waals surface area contributed by atoms with Crippen LogP contribution < -0.4 is 0 Å². The molecule has 0 amide bonds. The van der Waals surface area contributed by atoms with E-state index in [1.54, 1.807) is 12.1 Å². The number of carbonyl (C=O) groups is 1. The Balaban J connectivity index is 1.42. The van der Waals surface area contributed by atoms with Gasteiger partial charge in [0.15, 0.2) is 0 Å². The molecule has 2 aliphatic heterocycles. The lowest BCUT2D eigenvalue weighted by Gasteiger charge is -2.61. The maximum Gasteiger partial charge on any atom is 0.342 e. The van der Waals surface area contributed by atoms with Gasteiger partial charge in [0.05, 0.1) is 30.0 Å². The Bertz CT molecular complexity index is 1020. The maximum absolute atomic E-state index is 12.8. The van der Waals surface area contributed by atoms with Crippen molar-refractivity contribution in [3.8, 4) is 0 Å². The van der Waals surface area contributed by atoms with Gasteiger partial charge in [0.25, 0.3) is 0 Å². The van der Waals surface area contributed by atoms with Crippen LogP contribution in [0.2, 0.25) is 5.02 Å². The molecule has 178 valence electrons. The van der Waals surface area contributed by atoms with Crippen LogP contribution in [-0.2, 0) is 14.3 Å². The molecule has 6 heteroatoms. The Labute approximate surface area is 200 Å².